The van der Waals surface area contributed by atoms with Crippen molar-refractivity contribution in [2.24, 2.45) is 29.2 Å². The van der Waals surface area contributed by atoms with E-state index in [1.807, 2.05) is 72.4 Å². The van der Waals surface area contributed by atoms with E-state index in [0.717, 1.165) is 19.3 Å². The third-order valence-corrected chi connectivity index (χ3v) is 9.74. The van der Waals surface area contributed by atoms with Crippen molar-refractivity contribution in [2.45, 2.75) is 183 Å². The topological polar surface area (TPSA) is 161 Å². The van der Waals surface area contributed by atoms with Gasteiger partial charge in [0.05, 0.1) is 18.2 Å². The fourth-order valence-electron chi connectivity index (χ4n) is 6.17. The van der Waals surface area contributed by atoms with Crippen LogP contribution in [0.1, 0.15) is 141 Å². The van der Waals surface area contributed by atoms with Crippen LogP contribution in [0.25, 0.3) is 0 Å². The summed E-state index contributed by atoms with van der Waals surface area (Å²) in [6.45, 7) is 27.4. The number of aliphatic hydroxyl groups is 4. The van der Waals surface area contributed by atoms with Gasteiger partial charge in [-0.25, -0.2) is 18.5 Å². The van der Waals surface area contributed by atoms with Gasteiger partial charge < -0.3 is 31.9 Å². The summed E-state index contributed by atoms with van der Waals surface area (Å²) in [6.07, 6.45) is 7.94. The first-order chi connectivity index (χ1) is 23.3. The monoisotopic (exact) mass is 722 g/mol. The fourth-order valence-corrected chi connectivity index (χ4v) is 6.17. The lowest BCUT2D eigenvalue weighted by atomic mass is 9.85. The van der Waals surface area contributed by atoms with Gasteiger partial charge in [0.15, 0.2) is 0 Å². The highest BCUT2D eigenvalue weighted by Gasteiger charge is 2.45. The zero-order valence-electron chi connectivity index (χ0n) is 33.6. The highest BCUT2D eigenvalue weighted by molar-refractivity contribution is 5.17. The van der Waals surface area contributed by atoms with Gasteiger partial charge in [-0.05, 0) is 58.8 Å². The predicted octanol–water partition coefficient (Wildman–Crippen LogP) is 6.91. The second-order valence-electron chi connectivity index (χ2n) is 13.2. The Morgan fingerprint density at radius 2 is 1.56 bits per heavy atom. The van der Waals surface area contributed by atoms with Gasteiger partial charge in [0.1, 0.15) is 0 Å². The highest BCUT2D eigenvalue weighted by Crippen LogP contribution is 2.39. The number of hydroxylamine groups is 1. The van der Waals surface area contributed by atoms with Gasteiger partial charge in [-0.15, -0.1) is 0 Å². The average molecular weight is 722 g/mol. The lowest BCUT2D eigenvalue weighted by Gasteiger charge is -2.48. The maximum absolute atomic E-state index is 13.8. The molecule has 0 spiro atoms. The van der Waals surface area contributed by atoms with E-state index in [1.54, 1.807) is 11.8 Å². The van der Waals surface area contributed by atoms with Gasteiger partial charge in [-0.1, -0.05) is 99.1 Å². The van der Waals surface area contributed by atoms with Crippen LogP contribution in [0, 0.1) is 17.8 Å². The number of nitrogens with zero attached hydrogens (tertiary/aromatic N) is 2. The van der Waals surface area contributed by atoms with E-state index in [4.69, 9.17) is 16.3 Å². The summed E-state index contributed by atoms with van der Waals surface area (Å²) in [6, 6.07) is -0.649. The molecule has 7 atom stereocenters. The number of nitrogens with one attached hydrogen (secondary N) is 1. The molecule has 0 aromatic rings. The van der Waals surface area contributed by atoms with Gasteiger partial charge in [0.25, 0.3) is 11.9 Å². The maximum atomic E-state index is 13.8. The van der Waals surface area contributed by atoms with Crippen molar-refractivity contribution in [3.8, 4) is 0 Å². The number of rotatable bonds is 18. The second-order valence-corrected chi connectivity index (χ2v) is 13.2. The van der Waals surface area contributed by atoms with Gasteiger partial charge in [0, 0.05) is 49.5 Å². The predicted molar refractivity (Wildman–Crippen MR) is 202 cm³/mol. The quantitative estimate of drug-likeness (QED) is 0.0585. The summed E-state index contributed by atoms with van der Waals surface area (Å²) in [4.78, 5) is 9.69. The highest BCUT2D eigenvalue weighted by atomic mass is 19.3. The summed E-state index contributed by atoms with van der Waals surface area (Å²) in [5, 5.41) is 42.0. The van der Waals surface area contributed by atoms with Crippen molar-refractivity contribution >= 4 is 0 Å². The van der Waals surface area contributed by atoms with Crippen LogP contribution in [0.5, 0.6) is 0 Å². The molecule has 2 rings (SSSR count). The maximum Gasteiger partial charge on any atom is 0.280 e. The van der Waals surface area contributed by atoms with Gasteiger partial charge in [-0.2, -0.15) is 0 Å². The van der Waals surface area contributed by atoms with Crippen molar-refractivity contribution in [2.75, 3.05) is 6.54 Å². The molecule has 0 amide bonds. The van der Waals surface area contributed by atoms with E-state index >= 15 is 0 Å². The molecule has 0 saturated heterocycles. The molecule has 0 aromatic heterocycles. The third-order valence-electron chi connectivity index (χ3n) is 9.74. The Kier molecular flexibility index (Phi) is 25.0. The van der Waals surface area contributed by atoms with Crippen molar-refractivity contribution < 1.29 is 34.0 Å². The minimum absolute atomic E-state index is 0.134. The normalized spacial score (nSPS) is 21.0. The molecule has 7 unspecified atom stereocenters. The van der Waals surface area contributed by atoms with Gasteiger partial charge in [-0.3, -0.25) is 10.4 Å². The molecular formula is C38H77F2N5O5. The Labute approximate surface area is 304 Å². The summed E-state index contributed by atoms with van der Waals surface area (Å²) in [7, 11) is 0. The van der Waals surface area contributed by atoms with Crippen LogP contribution < -0.4 is 16.9 Å². The van der Waals surface area contributed by atoms with Gasteiger partial charge in [0.2, 0.25) is 5.92 Å². The molecule has 50 heavy (non-hydrogen) atoms. The molecule has 1 fully saturated rings. The minimum Gasteiger partial charge on any atom is -0.352 e. The van der Waals surface area contributed by atoms with Crippen molar-refractivity contribution in [3.63, 3.8) is 0 Å². The van der Waals surface area contributed by atoms with Gasteiger partial charge >= 0.3 is 0 Å². The zero-order chi connectivity index (χ0) is 39.5. The molecule has 1 saturated carbocycles. The fraction of sp³-hybridized carbons (Fsp3) is 0.842. The van der Waals surface area contributed by atoms with Crippen LogP contribution in [-0.2, 0) is 4.84 Å². The number of allylic oxidation sites excluding steroid dienone is 5. The molecule has 10 nitrogen and oxygen atoms in total. The van der Waals surface area contributed by atoms with Crippen LogP contribution >= 0.6 is 0 Å². The molecule has 0 bridgehead atoms. The Bertz CT molecular complexity index is 968. The molecule has 2 aliphatic rings. The molecule has 9 N–H and O–H groups in total. The summed E-state index contributed by atoms with van der Waals surface area (Å²) in [5.74, 6) is -8.80. The molecule has 2 aliphatic carbocycles. The van der Waals surface area contributed by atoms with Crippen LogP contribution in [0.3, 0.4) is 0 Å². The second kappa shape index (κ2) is 24.7. The van der Waals surface area contributed by atoms with E-state index in [-0.39, 0.29) is 56.5 Å². The number of hydrogen-bond donors (Lipinski definition) is 7. The number of alkyl halides is 2. The zero-order valence-corrected chi connectivity index (χ0v) is 33.6. The molecular weight excluding hydrogens is 644 g/mol. The van der Waals surface area contributed by atoms with E-state index in [9.17, 15) is 29.2 Å². The number of nitrogens with two attached hydrogens (primary N) is 2. The van der Waals surface area contributed by atoms with Crippen LogP contribution in [-0.4, -0.2) is 79.0 Å². The minimum atomic E-state index is -3.02. The molecule has 0 aliphatic heterocycles. The smallest absolute Gasteiger partial charge is 0.280 e. The SMILES string of the molecule is C=C(NOC(O)(CCC1=CC=CCC1)N(CC(C)N(C(C)N)C(N)C(C)C(O)(O)O)C(C)C(C)CC)C1CCC(F)(F)CC1.CC.CC.CC. The van der Waals surface area contributed by atoms with Crippen molar-refractivity contribution in [3.05, 3.63) is 36.1 Å². The van der Waals surface area contributed by atoms with Crippen molar-refractivity contribution in [1.82, 2.24) is 15.3 Å². The first-order valence-electron chi connectivity index (χ1n) is 19.1. The van der Waals surface area contributed by atoms with E-state index in [2.05, 4.69) is 32.0 Å². The first kappa shape index (κ1) is 50.6. The molecule has 12 heteroatoms. The summed E-state index contributed by atoms with van der Waals surface area (Å²) >= 11 is 0. The molecule has 298 valence electrons. The van der Waals surface area contributed by atoms with E-state index < -0.39 is 42.1 Å². The Morgan fingerprint density at radius 1 is 1.02 bits per heavy atom. The van der Waals surface area contributed by atoms with E-state index in [0.29, 0.717) is 12.1 Å². The Hall–Kier alpha value is -1.48. The largest absolute Gasteiger partial charge is 0.352 e. The summed E-state index contributed by atoms with van der Waals surface area (Å²) < 4.78 is 27.6. The average Bonchev–Trinajstić information content (AvgIpc) is 3.10. The van der Waals surface area contributed by atoms with Crippen molar-refractivity contribution in [1.29, 1.82) is 0 Å². The van der Waals surface area contributed by atoms with E-state index in [1.165, 1.54) is 12.5 Å². The van der Waals surface area contributed by atoms with Crippen LogP contribution in [0.2, 0.25) is 0 Å². The number of halogens is 2. The summed E-state index contributed by atoms with van der Waals surface area (Å²) in [5.41, 5.74) is 17.2. The molecule has 0 radical (unpaired) electrons. The lowest BCUT2D eigenvalue weighted by Crippen LogP contribution is -2.66. The van der Waals surface area contributed by atoms with Crippen LogP contribution in [0.15, 0.2) is 36.1 Å². The molecule has 0 heterocycles. The first-order valence-corrected chi connectivity index (χ1v) is 19.1. The van der Waals surface area contributed by atoms with Crippen LogP contribution in [0.4, 0.5) is 8.78 Å². The molecule has 0 aromatic carbocycles. The standard InChI is InChI=1S/C32H59F2N5O5.3C2H6/c1-8-21(2)25(6)38(20-22(3)39(26(7)35)29(36)23(4)32(41,42)43)31(40,19-14-27-12-10-9-11-13-27)44-37-24(5)28-15-17-30(33,34)18-16-28;3*1-2/h9-10,12,21-23,25-26,28-29,37,40-43H,5,8,11,13-20,35-36H2,1-4,6-7H3;3*1-2H3. The lowest BCUT2D eigenvalue weighted by molar-refractivity contribution is -0.349. The Morgan fingerprint density at radius 3 is 2.00 bits per heavy atom. The third kappa shape index (κ3) is 16.5. The number of hydrogen-bond acceptors (Lipinski definition) is 10. The Balaban J connectivity index is 0.